The number of methoxy groups -OCH3 is 1. The van der Waals surface area contributed by atoms with E-state index in [1.807, 2.05) is 0 Å². The molecule has 0 radical (unpaired) electrons. The Kier molecular flexibility index (Phi) is 4.50. The number of halogens is 2. The van der Waals surface area contributed by atoms with Gasteiger partial charge in [-0.2, -0.15) is 0 Å². The number of hydrogen-bond donors (Lipinski definition) is 1. The van der Waals surface area contributed by atoms with Gasteiger partial charge in [-0.05, 0) is 74.4 Å². The molecule has 17 heavy (non-hydrogen) atoms. The Bertz CT molecular complexity index is 385. The van der Waals surface area contributed by atoms with Crippen LogP contribution in [0, 0.1) is 11.8 Å². The summed E-state index contributed by atoms with van der Waals surface area (Å²) in [6, 6.07) is 4.21. The SMILES string of the molecule is COc1c(Br)cc(CNCC2CC2C)cc1Br. The summed E-state index contributed by atoms with van der Waals surface area (Å²) in [4.78, 5) is 0. The monoisotopic (exact) mass is 361 g/mol. The predicted molar refractivity (Wildman–Crippen MR) is 77.4 cm³/mol. The van der Waals surface area contributed by atoms with E-state index in [0.717, 1.165) is 39.6 Å². The summed E-state index contributed by atoms with van der Waals surface area (Å²) >= 11 is 7.04. The fraction of sp³-hybridized carbons (Fsp3) is 0.538. The molecule has 4 heteroatoms. The molecule has 1 N–H and O–H groups in total. The number of nitrogens with one attached hydrogen (secondary N) is 1. The van der Waals surface area contributed by atoms with E-state index in [4.69, 9.17) is 4.74 Å². The van der Waals surface area contributed by atoms with Crippen molar-refractivity contribution in [3.05, 3.63) is 26.6 Å². The standard InChI is InChI=1S/C13H17Br2NO/c1-8-3-10(8)7-16-6-9-4-11(14)13(17-2)12(15)5-9/h4-5,8,10,16H,3,6-7H2,1-2H3. The molecule has 1 aromatic carbocycles. The number of benzene rings is 1. The van der Waals surface area contributed by atoms with Gasteiger partial charge in [-0.3, -0.25) is 0 Å². The van der Waals surface area contributed by atoms with Crippen molar-refractivity contribution >= 4 is 31.9 Å². The predicted octanol–water partition coefficient (Wildman–Crippen LogP) is 3.97. The lowest BCUT2D eigenvalue weighted by Crippen LogP contribution is -2.16. The average molecular weight is 363 g/mol. The summed E-state index contributed by atoms with van der Waals surface area (Å²) in [5, 5.41) is 3.50. The molecule has 2 rings (SSSR count). The van der Waals surface area contributed by atoms with Crippen LogP contribution in [0.25, 0.3) is 0 Å². The lowest BCUT2D eigenvalue weighted by atomic mass is 10.2. The van der Waals surface area contributed by atoms with Gasteiger partial charge in [-0.1, -0.05) is 6.92 Å². The average Bonchev–Trinajstić information content (AvgIpc) is 2.94. The zero-order valence-electron chi connectivity index (χ0n) is 10.1. The maximum Gasteiger partial charge on any atom is 0.147 e. The van der Waals surface area contributed by atoms with Gasteiger partial charge in [0.15, 0.2) is 0 Å². The molecular weight excluding hydrogens is 346 g/mol. The highest BCUT2D eigenvalue weighted by Gasteiger charge is 2.31. The van der Waals surface area contributed by atoms with Gasteiger partial charge in [-0.25, -0.2) is 0 Å². The van der Waals surface area contributed by atoms with E-state index >= 15 is 0 Å². The number of ether oxygens (including phenoxy) is 1. The third-order valence-electron chi connectivity index (χ3n) is 3.27. The minimum absolute atomic E-state index is 0.851. The molecule has 1 fully saturated rings. The van der Waals surface area contributed by atoms with Crippen LogP contribution in [0.4, 0.5) is 0 Å². The van der Waals surface area contributed by atoms with Gasteiger partial charge in [-0.15, -0.1) is 0 Å². The van der Waals surface area contributed by atoms with Crippen molar-refractivity contribution in [1.29, 1.82) is 0 Å². The quantitative estimate of drug-likeness (QED) is 0.855. The second-order valence-corrected chi connectivity index (χ2v) is 6.41. The van der Waals surface area contributed by atoms with Crippen molar-refractivity contribution in [2.24, 2.45) is 11.8 Å². The normalized spacial score (nSPS) is 22.6. The molecule has 0 heterocycles. The highest BCUT2D eigenvalue weighted by molar-refractivity contribution is 9.11. The smallest absolute Gasteiger partial charge is 0.147 e. The second-order valence-electron chi connectivity index (χ2n) is 4.70. The maximum absolute atomic E-state index is 5.28. The molecule has 1 aromatic rings. The summed E-state index contributed by atoms with van der Waals surface area (Å²) in [5.41, 5.74) is 1.26. The Hall–Kier alpha value is -0.0600. The maximum atomic E-state index is 5.28. The van der Waals surface area contributed by atoms with Crippen molar-refractivity contribution in [1.82, 2.24) is 5.32 Å². The fourth-order valence-corrected chi connectivity index (χ4v) is 3.60. The van der Waals surface area contributed by atoms with Gasteiger partial charge >= 0.3 is 0 Å². The fourth-order valence-electron chi connectivity index (χ4n) is 1.99. The van der Waals surface area contributed by atoms with E-state index in [1.54, 1.807) is 7.11 Å². The summed E-state index contributed by atoms with van der Waals surface area (Å²) in [6.07, 6.45) is 1.38. The van der Waals surface area contributed by atoms with Crippen LogP contribution in [0.3, 0.4) is 0 Å². The molecule has 0 amide bonds. The van der Waals surface area contributed by atoms with Crippen molar-refractivity contribution < 1.29 is 4.74 Å². The molecule has 1 aliphatic carbocycles. The van der Waals surface area contributed by atoms with Crippen molar-refractivity contribution in [2.75, 3.05) is 13.7 Å². The third-order valence-corrected chi connectivity index (χ3v) is 4.45. The van der Waals surface area contributed by atoms with Crippen LogP contribution in [0.2, 0.25) is 0 Å². The third kappa shape index (κ3) is 3.46. The zero-order valence-corrected chi connectivity index (χ0v) is 13.3. The van der Waals surface area contributed by atoms with Crippen LogP contribution in [-0.2, 0) is 6.54 Å². The van der Waals surface area contributed by atoms with Crippen LogP contribution in [0.1, 0.15) is 18.9 Å². The van der Waals surface area contributed by atoms with Gasteiger partial charge in [0, 0.05) is 6.54 Å². The van der Waals surface area contributed by atoms with Crippen LogP contribution < -0.4 is 10.1 Å². The van der Waals surface area contributed by atoms with E-state index < -0.39 is 0 Å². The van der Waals surface area contributed by atoms with E-state index in [9.17, 15) is 0 Å². The highest BCUT2D eigenvalue weighted by atomic mass is 79.9. The van der Waals surface area contributed by atoms with Crippen LogP contribution in [0.5, 0.6) is 5.75 Å². The van der Waals surface area contributed by atoms with Gasteiger partial charge < -0.3 is 10.1 Å². The molecule has 2 atom stereocenters. The van der Waals surface area contributed by atoms with Crippen molar-refractivity contribution in [2.45, 2.75) is 19.9 Å². The van der Waals surface area contributed by atoms with Crippen molar-refractivity contribution in [3.8, 4) is 5.75 Å². The molecule has 94 valence electrons. The molecule has 0 spiro atoms. The molecule has 1 saturated carbocycles. The van der Waals surface area contributed by atoms with Gasteiger partial charge in [0.2, 0.25) is 0 Å². The Morgan fingerprint density at radius 3 is 2.41 bits per heavy atom. The van der Waals surface area contributed by atoms with Crippen LogP contribution in [-0.4, -0.2) is 13.7 Å². The molecule has 0 aromatic heterocycles. The molecule has 0 bridgehead atoms. The molecular formula is C13H17Br2NO. The second kappa shape index (κ2) is 5.72. The summed E-state index contributed by atoms with van der Waals surface area (Å²) in [5.74, 6) is 2.65. The first kappa shape index (κ1) is 13.4. The molecule has 0 saturated heterocycles. The summed E-state index contributed by atoms with van der Waals surface area (Å²) < 4.78 is 7.27. The lowest BCUT2D eigenvalue weighted by Gasteiger charge is -2.10. The molecule has 0 aliphatic heterocycles. The Labute approximate surface area is 119 Å². The van der Waals surface area contributed by atoms with Gasteiger partial charge in [0.25, 0.3) is 0 Å². The number of hydrogen-bond acceptors (Lipinski definition) is 2. The minimum atomic E-state index is 0.851. The summed E-state index contributed by atoms with van der Waals surface area (Å²) in [7, 11) is 1.68. The van der Waals surface area contributed by atoms with E-state index in [1.165, 1.54) is 12.0 Å². The van der Waals surface area contributed by atoms with Crippen LogP contribution in [0.15, 0.2) is 21.1 Å². The Morgan fingerprint density at radius 1 is 1.35 bits per heavy atom. The van der Waals surface area contributed by atoms with E-state index in [2.05, 4.69) is 56.2 Å². The molecule has 2 unspecified atom stereocenters. The van der Waals surface area contributed by atoms with Gasteiger partial charge in [0.1, 0.15) is 5.75 Å². The highest BCUT2D eigenvalue weighted by Crippen LogP contribution is 2.37. The van der Waals surface area contributed by atoms with Crippen LogP contribution >= 0.6 is 31.9 Å². The first-order valence-electron chi connectivity index (χ1n) is 5.84. The Balaban J connectivity index is 1.92. The van der Waals surface area contributed by atoms with E-state index in [0.29, 0.717) is 0 Å². The van der Waals surface area contributed by atoms with E-state index in [-0.39, 0.29) is 0 Å². The molecule has 2 nitrogen and oxygen atoms in total. The zero-order chi connectivity index (χ0) is 12.4. The topological polar surface area (TPSA) is 21.3 Å². The van der Waals surface area contributed by atoms with Gasteiger partial charge in [0.05, 0.1) is 16.1 Å². The first-order valence-corrected chi connectivity index (χ1v) is 7.43. The van der Waals surface area contributed by atoms with Crippen molar-refractivity contribution in [3.63, 3.8) is 0 Å². The minimum Gasteiger partial charge on any atom is -0.494 e. The molecule has 1 aliphatic rings. The number of rotatable bonds is 5. The Morgan fingerprint density at radius 2 is 1.94 bits per heavy atom. The lowest BCUT2D eigenvalue weighted by molar-refractivity contribution is 0.409. The summed E-state index contributed by atoms with van der Waals surface area (Å²) in [6.45, 7) is 4.35. The largest absolute Gasteiger partial charge is 0.494 e. The first-order chi connectivity index (χ1) is 8.11.